The second-order valence-corrected chi connectivity index (χ2v) is 17.6. The number of benzene rings is 7. The maximum Gasteiger partial charge on any atom is 0.238 e. The Labute approximate surface area is 344 Å². The van der Waals surface area contributed by atoms with Gasteiger partial charge in [0.05, 0.1) is 22.1 Å². The van der Waals surface area contributed by atoms with Crippen LogP contribution in [0.25, 0.3) is 89.2 Å². The fraction of sp³-hybridized carbons (Fsp3) is 0.167. The highest BCUT2D eigenvalue weighted by atomic mass is 15.2. The highest BCUT2D eigenvalue weighted by Gasteiger charge is 2.42. The zero-order valence-corrected chi connectivity index (χ0v) is 34.1. The lowest BCUT2D eigenvalue weighted by Gasteiger charge is -2.46. The Balaban J connectivity index is 1.15. The van der Waals surface area contributed by atoms with Crippen molar-refractivity contribution in [3.8, 4) is 45.5 Å². The average molecular weight is 764 g/mol. The molecule has 10 aromatic rings. The Morgan fingerprint density at radius 3 is 1.63 bits per heavy atom. The van der Waals surface area contributed by atoms with Crippen molar-refractivity contribution < 1.29 is 0 Å². The molecule has 59 heavy (non-hydrogen) atoms. The van der Waals surface area contributed by atoms with E-state index >= 15 is 0 Å². The van der Waals surface area contributed by atoms with E-state index in [0.717, 1.165) is 44.1 Å². The summed E-state index contributed by atoms with van der Waals surface area (Å²) in [5.74, 6) is 2.44. The predicted molar refractivity (Wildman–Crippen MR) is 245 cm³/mol. The molecule has 1 aliphatic rings. The standard InChI is InChI=1S/C54H45N5/c1-34-33-53(2,3)44-28-27-38(30-45(44)54(34,4)5)37-21-16-22-39(29-37)58-46-25-14-12-23-40(46)42-31-43-41-24-13-15-26-47(41)59(49(43)32-48(42)58)52-56-50(35-17-8-6-9-18-35)55-51(57-52)36-19-10-7-11-20-36/h6-32,34H,33H2,1-5H3. The van der Waals surface area contributed by atoms with E-state index in [2.05, 4.69) is 171 Å². The van der Waals surface area contributed by atoms with Crippen LogP contribution in [-0.2, 0) is 10.8 Å². The SMILES string of the molecule is CC1CC(C)(C)c2ccc(-c3cccc(-n4c5ccccc5c5cc6c7ccccc7n(-c7nc(-c8ccccc8)nc(-c8ccccc8)n7)c6cc54)c3)cc2C1(C)C. The normalized spacial score (nSPS) is 15.9. The van der Waals surface area contributed by atoms with Crippen LogP contribution >= 0.6 is 0 Å². The van der Waals surface area contributed by atoms with E-state index in [1.807, 2.05) is 36.4 Å². The highest BCUT2D eigenvalue weighted by Crippen LogP contribution is 2.50. The summed E-state index contributed by atoms with van der Waals surface area (Å²) in [7, 11) is 0. The summed E-state index contributed by atoms with van der Waals surface area (Å²) in [5.41, 5.74) is 13.1. The molecule has 0 saturated heterocycles. The summed E-state index contributed by atoms with van der Waals surface area (Å²) in [6.07, 6.45) is 1.19. The minimum Gasteiger partial charge on any atom is -0.309 e. The second kappa shape index (κ2) is 13.1. The van der Waals surface area contributed by atoms with Crippen molar-refractivity contribution in [2.75, 3.05) is 0 Å². The fourth-order valence-corrected chi connectivity index (χ4v) is 9.89. The first-order chi connectivity index (χ1) is 28.7. The van der Waals surface area contributed by atoms with Gasteiger partial charge in [0.2, 0.25) is 5.95 Å². The van der Waals surface area contributed by atoms with Crippen LogP contribution in [0.1, 0.15) is 52.2 Å². The molecule has 0 amide bonds. The van der Waals surface area contributed by atoms with Gasteiger partial charge in [-0.3, -0.25) is 4.57 Å². The monoisotopic (exact) mass is 763 g/mol. The Hall–Kier alpha value is -6.85. The summed E-state index contributed by atoms with van der Waals surface area (Å²) < 4.78 is 4.65. The molecule has 3 aromatic heterocycles. The number of nitrogens with zero attached hydrogens (tertiary/aromatic N) is 5. The molecule has 0 aliphatic heterocycles. The Kier molecular flexibility index (Phi) is 7.83. The largest absolute Gasteiger partial charge is 0.309 e. The molecule has 0 fully saturated rings. The van der Waals surface area contributed by atoms with E-state index in [0.29, 0.717) is 23.5 Å². The molecular weight excluding hydrogens is 719 g/mol. The van der Waals surface area contributed by atoms with Gasteiger partial charge in [-0.2, -0.15) is 9.97 Å². The van der Waals surface area contributed by atoms with Crippen LogP contribution in [0.2, 0.25) is 0 Å². The van der Waals surface area contributed by atoms with Crippen molar-refractivity contribution in [1.29, 1.82) is 0 Å². The van der Waals surface area contributed by atoms with Crippen LogP contribution < -0.4 is 0 Å². The number of rotatable bonds is 5. The maximum atomic E-state index is 5.21. The summed E-state index contributed by atoms with van der Waals surface area (Å²) in [4.78, 5) is 15.4. The Morgan fingerprint density at radius 2 is 0.983 bits per heavy atom. The molecule has 1 unspecified atom stereocenters. The van der Waals surface area contributed by atoms with Gasteiger partial charge in [0.25, 0.3) is 0 Å². The Bertz CT molecular complexity index is 3200. The lowest BCUT2D eigenvalue weighted by molar-refractivity contribution is 0.233. The first-order valence-corrected chi connectivity index (χ1v) is 20.8. The summed E-state index contributed by atoms with van der Waals surface area (Å²) >= 11 is 0. The lowest BCUT2D eigenvalue weighted by atomic mass is 9.58. The second-order valence-electron chi connectivity index (χ2n) is 17.6. The van der Waals surface area contributed by atoms with Crippen molar-refractivity contribution in [2.45, 2.75) is 51.9 Å². The van der Waals surface area contributed by atoms with E-state index in [-0.39, 0.29) is 10.8 Å². The van der Waals surface area contributed by atoms with Crippen molar-refractivity contribution in [3.63, 3.8) is 0 Å². The molecule has 286 valence electrons. The Morgan fingerprint density at radius 1 is 0.441 bits per heavy atom. The zero-order valence-electron chi connectivity index (χ0n) is 34.1. The molecule has 5 heteroatoms. The fourth-order valence-electron chi connectivity index (χ4n) is 9.89. The van der Waals surface area contributed by atoms with E-state index in [4.69, 9.17) is 15.0 Å². The number of fused-ring (bicyclic) bond motifs is 7. The summed E-state index contributed by atoms with van der Waals surface area (Å²) in [5, 5.41) is 4.73. The average Bonchev–Trinajstić information content (AvgIpc) is 3.77. The summed E-state index contributed by atoms with van der Waals surface area (Å²) in [6.45, 7) is 12.1. The van der Waals surface area contributed by atoms with E-state index in [1.165, 1.54) is 45.0 Å². The van der Waals surface area contributed by atoms with Gasteiger partial charge in [0.1, 0.15) is 0 Å². The number of aromatic nitrogens is 5. The lowest BCUT2D eigenvalue weighted by Crippen LogP contribution is -2.40. The molecule has 1 atom stereocenters. The highest BCUT2D eigenvalue weighted by molar-refractivity contribution is 6.19. The van der Waals surface area contributed by atoms with Crippen LogP contribution in [0.15, 0.2) is 164 Å². The third kappa shape index (κ3) is 5.55. The first-order valence-electron chi connectivity index (χ1n) is 20.8. The smallest absolute Gasteiger partial charge is 0.238 e. The van der Waals surface area contributed by atoms with E-state index in [1.54, 1.807) is 0 Å². The first kappa shape index (κ1) is 35.3. The van der Waals surface area contributed by atoms with Gasteiger partial charge in [-0.15, -0.1) is 0 Å². The van der Waals surface area contributed by atoms with Crippen molar-refractivity contribution in [3.05, 3.63) is 175 Å². The third-order valence-corrected chi connectivity index (χ3v) is 13.3. The van der Waals surface area contributed by atoms with Crippen LogP contribution in [0, 0.1) is 5.92 Å². The van der Waals surface area contributed by atoms with Gasteiger partial charge < -0.3 is 4.57 Å². The van der Waals surface area contributed by atoms with Crippen molar-refractivity contribution >= 4 is 43.6 Å². The number of para-hydroxylation sites is 2. The quantitative estimate of drug-likeness (QED) is 0.175. The van der Waals surface area contributed by atoms with Gasteiger partial charge in [0.15, 0.2) is 11.6 Å². The van der Waals surface area contributed by atoms with Crippen molar-refractivity contribution in [2.24, 2.45) is 5.92 Å². The molecule has 7 aromatic carbocycles. The third-order valence-electron chi connectivity index (χ3n) is 13.3. The molecule has 11 rings (SSSR count). The van der Waals surface area contributed by atoms with Crippen LogP contribution in [0.4, 0.5) is 0 Å². The number of hydrogen-bond donors (Lipinski definition) is 0. The number of hydrogen-bond acceptors (Lipinski definition) is 3. The van der Waals surface area contributed by atoms with E-state index < -0.39 is 0 Å². The molecule has 0 saturated carbocycles. The van der Waals surface area contributed by atoms with Crippen LogP contribution in [0.5, 0.6) is 0 Å². The molecule has 0 spiro atoms. The van der Waals surface area contributed by atoms with Crippen LogP contribution in [0.3, 0.4) is 0 Å². The van der Waals surface area contributed by atoms with Crippen LogP contribution in [-0.4, -0.2) is 24.1 Å². The van der Waals surface area contributed by atoms with Gasteiger partial charge >= 0.3 is 0 Å². The van der Waals surface area contributed by atoms with Gasteiger partial charge in [-0.25, -0.2) is 4.98 Å². The molecule has 0 bridgehead atoms. The minimum atomic E-state index is 0.0946. The van der Waals surface area contributed by atoms with Gasteiger partial charge in [0, 0.05) is 38.4 Å². The van der Waals surface area contributed by atoms with Gasteiger partial charge in [-0.05, 0) is 81.8 Å². The molecule has 0 radical (unpaired) electrons. The minimum absolute atomic E-state index is 0.0946. The molecule has 1 aliphatic carbocycles. The molecule has 0 N–H and O–H groups in total. The molecular formula is C54H45N5. The van der Waals surface area contributed by atoms with Crippen molar-refractivity contribution in [1.82, 2.24) is 24.1 Å². The van der Waals surface area contributed by atoms with E-state index in [9.17, 15) is 0 Å². The molecule has 5 nitrogen and oxygen atoms in total. The van der Waals surface area contributed by atoms with Gasteiger partial charge in [-0.1, -0.05) is 162 Å². The zero-order chi connectivity index (χ0) is 40.0. The topological polar surface area (TPSA) is 48.5 Å². The molecule has 3 heterocycles. The summed E-state index contributed by atoms with van der Waals surface area (Å²) in [6, 6.07) is 58.8. The predicted octanol–water partition coefficient (Wildman–Crippen LogP) is 13.7. The maximum absolute atomic E-state index is 5.21.